The number of nitrogens with zero attached hydrogens (tertiary/aromatic N) is 7. The van der Waals surface area contributed by atoms with Crippen molar-refractivity contribution in [1.82, 2.24) is 29.8 Å². The highest BCUT2D eigenvalue weighted by Gasteiger charge is 2.13. The number of thiazole rings is 2. The molecule has 0 unspecified atom stereocenters. The van der Waals surface area contributed by atoms with Gasteiger partial charge in [0.1, 0.15) is 5.82 Å². The average Bonchev–Trinajstić information content (AvgIpc) is 3.55. The van der Waals surface area contributed by atoms with Crippen LogP contribution in [0.4, 0.5) is 16.9 Å². The van der Waals surface area contributed by atoms with Crippen molar-refractivity contribution in [3.8, 4) is 10.6 Å². The molecule has 4 aromatic rings. The van der Waals surface area contributed by atoms with Crippen molar-refractivity contribution in [2.75, 3.05) is 36.9 Å². The third kappa shape index (κ3) is 8.25. The molecule has 1 amide bonds. The summed E-state index contributed by atoms with van der Waals surface area (Å²) in [4.78, 5) is 38.8. The molecule has 39 heavy (non-hydrogen) atoms. The Morgan fingerprint density at radius 3 is 2.28 bits per heavy atom. The molecule has 208 valence electrons. The Balaban J connectivity index is 0.000000272. The fraction of sp³-hybridized carbons (Fsp3) is 0.407. The Labute approximate surface area is 237 Å². The van der Waals surface area contributed by atoms with Crippen LogP contribution in [0.3, 0.4) is 0 Å². The molecular weight excluding hydrogens is 532 g/mol. The first-order valence-electron chi connectivity index (χ1n) is 12.8. The molecule has 0 bridgehead atoms. The van der Waals surface area contributed by atoms with Crippen LogP contribution in [0.15, 0.2) is 36.1 Å². The number of carbonyl (C=O) groups is 1. The predicted molar refractivity (Wildman–Crippen MR) is 159 cm³/mol. The maximum absolute atomic E-state index is 12.2. The van der Waals surface area contributed by atoms with Crippen molar-refractivity contribution in [2.45, 2.75) is 47.6 Å². The van der Waals surface area contributed by atoms with Crippen LogP contribution in [0.25, 0.3) is 10.6 Å². The van der Waals surface area contributed by atoms with Gasteiger partial charge in [-0.15, -0.1) is 22.7 Å². The second kappa shape index (κ2) is 14.6. The molecule has 0 aliphatic carbocycles. The van der Waals surface area contributed by atoms with Crippen molar-refractivity contribution in [2.24, 2.45) is 0 Å². The zero-order chi connectivity index (χ0) is 28.4. The summed E-state index contributed by atoms with van der Waals surface area (Å²) in [5, 5.41) is 15.8. The summed E-state index contributed by atoms with van der Waals surface area (Å²) < 4.78 is 0. The van der Waals surface area contributed by atoms with Gasteiger partial charge in [-0.25, -0.2) is 24.9 Å². The number of carbonyl (C=O) groups excluding carboxylic acids is 1. The first kappa shape index (κ1) is 30.1. The highest BCUT2D eigenvalue weighted by Crippen LogP contribution is 2.32. The Morgan fingerprint density at radius 1 is 1.03 bits per heavy atom. The summed E-state index contributed by atoms with van der Waals surface area (Å²) >= 11 is 3.17. The minimum absolute atomic E-state index is 0.00146. The summed E-state index contributed by atoms with van der Waals surface area (Å²) in [5.41, 5.74) is 3.26. The lowest BCUT2D eigenvalue weighted by atomic mass is 10.2. The van der Waals surface area contributed by atoms with E-state index in [0.29, 0.717) is 11.4 Å². The lowest BCUT2D eigenvalue weighted by Crippen LogP contribution is -2.27. The molecule has 0 radical (unpaired) electrons. The summed E-state index contributed by atoms with van der Waals surface area (Å²) in [6.45, 7) is 12.7. The molecule has 10 nitrogen and oxygen atoms in total. The number of rotatable bonds is 10. The quantitative estimate of drug-likeness (QED) is 0.262. The molecule has 0 spiro atoms. The Kier molecular flexibility index (Phi) is 11.3. The van der Waals surface area contributed by atoms with Crippen molar-refractivity contribution in [1.29, 1.82) is 0 Å². The molecule has 4 heterocycles. The molecule has 0 atom stereocenters. The first-order valence-corrected chi connectivity index (χ1v) is 14.5. The lowest BCUT2D eigenvalue weighted by molar-refractivity contribution is 0.0794. The number of pyridine rings is 1. The average molecular weight is 569 g/mol. The van der Waals surface area contributed by atoms with Gasteiger partial charge in [0, 0.05) is 56.2 Å². The zero-order valence-electron chi connectivity index (χ0n) is 23.3. The van der Waals surface area contributed by atoms with Crippen LogP contribution in [-0.4, -0.2) is 67.5 Å². The molecule has 0 saturated heterocycles. The monoisotopic (exact) mass is 568 g/mol. The zero-order valence-corrected chi connectivity index (χ0v) is 24.9. The van der Waals surface area contributed by atoms with Crippen molar-refractivity contribution in [3.63, 3.8) is 0 Å². The Morgan fingerprint density at radius 2 is 1.74 bits per heavy atom. The minimum atomic E-state index is -0.0153. The number of aromatic nitrogens is 5. The van der Waals surface area contributed by atoms with Crippen LogP contribution in [0.2, 0.25) is 0 Å². The number of amides is 1. The fourth-order valence-electron chi connectivity index (χ4n) is 3.66. The molecule has 12 heteroatoms. The molecule has 2 N–H and O–H groups in total. The van der Waals surface area contributed by atoms with Crippen LogP contribution in [0.5, 0.6) is 0 Å². The van der Waals surface area contributed by atoms with Gasteiger partial charge < -0.3 is 20.2 Å². The Bertz CT molecular complexity index is 1320. The standard InChI is InChI=1S/C18H21N5OS2.C9H15N3O/c1-5-8-23(4)17(24)13-6-7-15(19-9-13)22-18-21-14(10-25-18)16-11(2)20-12(3)26-16;1-3-12(4-2)9-10-5-8(7-13)6-11-9/h6-7,9-10H,5,8H2,1-4H3,(H,19,21,22);5-6,13H,3-4,7H2,1-2H3. The number of aliphatic hydroxyl groups is 1. The van der Waals surface area contributed by atoms with Gasteiger partial charge in [-0.1, -0.05) is 6.92 Å². The summed E-state index contributed by atoms with van der Waals surface area (Å²) in [6, 6.07) is 3.59. The molecule has 0 aliphatic rings. The van der Waals surface area contributed by atoms with Crippen LogP contribution in [0, 0.1) is 13.8 Å². The number of aliphatic hydroxyl groups excluding tert-OH is 1. The number of nitrogens with one attached hydrogen (secondary N) is 1. The third-order valence-electron chi connectivity index (χ3n) is 5.71. The lowest BCUT2D eigenvalue weighted by Gasteiger charge is -2.17. The largest absolute Gasteiger partial charge is 0.392 e. The number of hydrogen-bond acceptors (Lipinski definition) is 11. The van der Waals surface area contributed by atoms with E-state index in [-0.39, 0.29) is 12.5 Å². The smallest absolute Gasteiger partial charge is 0.255 e. The van der Waals surface area contributed by atoms with E-state index >= 15 is 0 Å². The van der Waals surface area contributed by atoms with E-state index in [1.807, 2.05) is 26.2 Å². The van der Waals surface area contributed by atoms with E-state index in [4.69, 9.17) is 5.11 Å². The van der Waals surface area contributed by atoms with Crippen molar-refractivity contribution in [3.05, 3.63) is 57.9 Å². The van der Waals surface area contributed by atoms with Gasteiger partial charge in [0.2, 0.25) is 5.95 Å². The molecule has 4 aromatic heterocycles. The predicted octanol–water partition coefficient (Wildman–Crippen LogP) is 5.32. The molecule has 0 aromatic carbocycles. The van der Waals surface area contributed by atoms with Gasteiger partial charge in [0.05, 0.1) is 33.4 Å². The van der Waals surface area contributed by atoms with Crippen LogP contribution in [-0.2, 0) is 6.61 Å². The summed E-state index contributed by atoms with van der Waals surface area (Å²) in [5.74, 6) is 1.37. The third-order valence-corrected chi connectivity index (χ3v) is 7.57. The maximum atomic E-state index is 12.2. The summed E-state index contributed by atoms with van der Waals surface area (Å²) in [7, 11) is 1.80. The molecule has 0 fully saturated rings. The topological polar surface area (TPSA) is 120 Å². The number of anilines is 3. The second-order valence-corrected chi connectivity index (χ2v) is 10.8. The molecule has 0 aliphatic heterocycles. The van der Waals surface area contributed by atoms with E-state index in [1.165, 1.54) is 11.3 Å². The van der Waals surface area contributed by atoms with Gasteiger partial charge in [-0.05, 0) is 46.2 Å². The second-order valence-electron chi connectivity index (χ2n) is 8.69. The van der Waals surface area contributed by atoms with Crippen LogP contribution in [0.1, 0.15) is 53.8 Å². The minimum Gasteiger partial charge on any atom is -0.392 e. The van der Waals surface area contributed by atoms with Gasteiger partial charge in [-0.3, -0.25) is 4.79 Å². The van der Waals surface area contributed by atoms with Gasteiger partial charge in [0.25, 0.3) is 5.91 Å². The maximum Gasteiger partial charge on any atom is 0.255 e. The van der Waals surface area contributed by atoms with Gasteiger partial charge in [0.15, 0.2) is 5.13 Å². The number of aryl methyl sites for hydroxylation is 2. The highest BCUT2D eigenvalue weighted by atomic mass is 32.1. The van der Waals surface area contributed by atoms with E-state index in [1.54, 1.807) is 54.0 Å². The van der Waals surface area contributed by atoms with Crippen LogP contribution < -0.4 is 10.2 Å². The first-order chi connectivity index (χ1) is 18.8. The summed E-state index contributed by atoms with van der Waals surface area (Å²) in [6.07, 6.45) is 5.84. The number of hydrogen-bond donors (Lipinski definition) is 2. The molecular formula is C27H36N8O2S2. The highest BCUT2D eigenvalue weighted by molar-refractivity contribution is 7.16. The van der Waals surface area contributed by atoms with Crippen molar-refractivity contribution >= 4 is 45.5 Å². The SMILES string of the molecule is CCCN(C)C(=O)c1ccc(Nc2nc(-c3sc(C)nc3C)cs2)nc1.CCN(CC)c1ncc(CO)cn1. The molecule has 0 saturated carbocycles. The van der Waals surface area contributed by atoms with E-state index in [2.05, 4.69) is 49.0 Å². The van der Waals surface area contributed by atoms with Gasteiger partial charge in [-0.2, -0.15) is 0 Å². The Hall–Kier alpha value is -3.48. The van der Waals surface area contributed by atoms with Crippen molar-refractivity contribution < 1.29 is 9.90 Å². The molecule has 4 rings (SSSR count). The fourth-order valence-corrected chi connectivity index (χ4v) is 5.33. The van der Waals surface area contributed by atoms with E-state index in [0.717, 1.165) is 64.0 Å². The van der Waals surface area contributed by atoms with Crippen LogP contribution >= 0.6 is 22.7 Å². The van der Waals surface area contributed by atoms with Gasteiger partial charge >= 0.3 is 0 Å². The normalized spacial score (nSPS) is 10.5. The van der Waals surface area contributed by atoms with E-state index < -0.39 is 0 Å². The van der Waals surface area contributed by atoms with E-state index in [9.17, 15) is 4.79 Å².